The maximum atomic E-state index is 12.3. The number of nitrogens with zero attached hydrogens (tertiary/aromatic N) is 1. The Bertz CT molecular complexity index is 899. The molecule has 0 spiro atoms. The number of amides is 2. The highest BCUT2D eigenvalue weighted by atomic mass is 35.5. The average molecular weight is 370 g/mol. The Balaban J connectivity index is 2.15. The summed E-state index contributed by atoms with van der Waals surface area (Å²) in [5.41, 5.74) is 7.13. The predicted molar refractivity (Wildman–Crippen MR) is 99.5 cm³/mol. The van der Waals surface area contributed by atoms with Crippen LogP contribution in [0.25, 0.3) is 6.08 Å². The minimum Gasteiger partial charge on any atom is -0.482 e. The second-order valence-electron chi connectivity index (χ2n) is 5.43. The number of nitrogens with one attached hydrogen (secondary N) is 1. The van der Waals surface area contributed by atoms with Crippen LogP contribution < -0.4 is 15.8 Å². The van der Waals surface area contributed by atoms with Crippen molar-refractivity contribution in [2.75, 3.05) is 11.9 Å². The van der Waals surface area contributed by atoms with Gasteiger partial charge in [-0.25, -0.2) is 0 Å². The number of primary amides is 1. The van der Waals surface area contributed by atoms with Gasteiger partial charge in [-0.3, -0.25) is 9.59 Å². The molecule has 2 aromatic rings. The Morgan fingerprint density at radius 2 is 1.96 bits per heavy atom. The zero-order valence-electron chi connectivity index (χ0n) is 14.0. The van der Waals surface area contributed by atoms with Crippen LogP contribution in [-0.4, -0.2) is 18.4 Å². The third kappa shape index (κ3) is 5.36. The van der Waals surface area contributed by atoms with Crippen LogP contribution in [0.15, 0.2) is 48.0 Å². The predicted octanol–water partition coefficient (Wildman–Crippen LogP) is 3.06. The molecule has 3 N–H and O–H groups in total. The third-order valence-corrected chi connectivity index (χ3v) is 3.61. The molecule has 132 valence electrons. The molecule has 0 aliphatic heterocycles. The van der Waals surface area contributed by atoms with Gasteiger partial charge in [0.25, 0.3) is 11.8 Å². The van der Waals surface area contributed by atoms with Crippen LogP contribution >= 0.6 is 11.6 Å². The summed E-state index contributed by atoms with van der Waals surface area (Å²) in [5.74, 6) is -0.864. The Labute approximate surface area is 155 Å². The highest BCUT2D eigenvalue weighted by molar-refractivity contribution is 6.32. The van der Waals surface area contributed by atoms with Crippen molar-refractivity contribution in [3.63, 3.8) is 0 Å². The molecule has 0 aliphatic rings. The van der Waals surface area contributed by atoms with Gasteiger partial charge in [0.1, 0.15) is 17.4 Å². The van der Waals surface area contributed by atoms with E-state index in [-0.39, 0.29) is 23.0 Å². The SMILES string of the molecule is Cc1ccc(NC(=O)/C(C#N)=C/c2ccc(OCC(N)=O)c(Cl)c2)cc1. The zero-order valence-corrected chi connectivity index (χ0v) is 14.7. The number of nitrogens with two attached hydrogens (primary N) is 1. The molecule has 0 saturated carbocycles. The van der Waals surface area contributed by atoms with E-state index in [9.17, 15) is 14.9 Å². The molecule has 6 nitrogen and oxygen atoms in total. The maximum Gasteiger partial charge on any atom is 0.266 e. The smallest absolute Gasteiger partial charge is 0.266 e. The molecule has 0 aromatic heterocycles. The first-order valence-corrected chi connectivity index (χ1v) is 7.97. The largest absolute Gasteiger partial charge is 0.482 e. The Morgan fingerprint density at radius 3 is 2.54 bits per heavy atom. The highest BCUT2D eigenvalue weighted by Gasteiger charge is 2.11. The maximum absolute atomic E-state index is 12.3. The van der Waals surface area contributed by atoms with Crippen molar-refractivity contribution in [3.8, 4) is 11.8 Å². The van der Waals surface area contributed by atoms with Crippen LogP contribution in [0.5, 0.6) is 5.75 Å². The number of benzene rings is 2. The van der Waals surface area contributed by atoms with E-state index >= 15 is 0 Å². The Hall–Kier alpha value is -3.30. The van der Waals surface area contributed by atoms with Gasteiger partial charge in [0.15, 0.2) is 6.61 Å². The second-order valence-corrected chi connectivity index (χ2v) is 5.84. The fourth-order valence-corrected chi connectivity index (χ4v) is 2.27. The number of anilines is 1. The Morgan fingerprint density at radius 1 is 1.27 bits per heavy atom. The molecule has 0 saturated heterocycles. The number of halogens is 1. The minimum absolute atomic E-state index is 0.0764. The summed E-state index contributed by atoms with van der Waals surface area (Å²) in [4.78, 5) is 23.0. The summed E-state index contributed by atoms with van der Waals surface area (Å²) in [7, 11) is 0. The Kier molecular flexibility index (Phi) is 6.36. The fourth-order valence-electron chi connectivity index (χ4n) is 2.02. The topological polar surface area (TPSA) is 105 Å². The highest BCUT2D eigenvalue weighted by Crippen LogP contribution is 2.26. The molecule has 0 heterocycles. The quantitative estimate of drug-likeness (QED) is 0.603. The van der Waals surface area contributed by atoms with E-state index in [1.54, 1.807) is 18.2 Å². The van der Waals surface area contributed by atoms with E-state index < -0.39 is 11.8 Å². The molecule has 2 rings (SSSR count). The summed E-state index contributed by atoms with van der Waals surface area (Å²) in [6.45, 7) is 1.64. The number of carbonyl (C=O) groups is 2. The van der Waals surface area contributed by atoms with E-state index in [1.807, 2.05) is 25.1 Å². The van der Waals surface area contributed by atoms with E-state index in [0.29, 0.717) is 11.3 Å². The lowest BCUT2D eigenvalue weighted by Gasteiger charge is -2.07. The van der Waals surface area contributed by atoms with Crippen molar-refractivity contribution in [2.45, 2.75) is 6.92 Å². The first kappa shape index (κ1) is 19.0. The molecule has 0 radical (unpaired) electrons. The van der Waals surface area contributed by atoms with Gasteiger partial charge in [-0.05, 0) is 42.8 Å². The van der Waals surface area contributed by atoms with Gasteiger partial charge in [-0.1, -0.05) is 35.4 Å². The number of hydrogen-bond acceptors (Lipinski definition) is 4. The normalized spacial score (nSPS) is 10.7. The van der Waals surface area contributed by atoms with Crippen molar-refractivity contribution >= 4 is 35.2 Å². The summed E-state index contributed by atoms with van der Waals surface area (Å²) < 4.78 is 5.15. The number of nitriles is 1. The van der Waals surface area contributed by atoms with Crippen LogP contribution in [0, 0.1) is 18.3 Å². The second kappa shape index (κ2) is 8.70. The van der Waals surface area contributed by atoms with Crippen molar-refractivity contribution in [1.29, 1.82) is 5.26 Å². The molecule has 0 atom stereocenters. The third-order valence-electron chi connectivity index (χ3n) is 3.31. The lowest BCUT2D eigenvalue weighted by Crippen LogP contribution is -2.20. The molecule has 2 aromatic carbocycles. The molecule has 0 fully saturated rings. The van der Waals surface area contributed by atoms with Crippen molar-refractivity contribution in [2.24, 2.45) is 5.73 Å². The molecular formula is C19H16ClN3O3. The monoisotopic (exact) mass is 369 g/mol. The van der Waals surface area contributed by atoms with E-state index in [2.05, 4.69) is 5.32 Å². The van der Waals surface area contributed by atoms with Crippen LogP contribution in [0.3, 0.4) is 0 Å². The van der Waals surface area contributed by atoms with Crippen LogP contribution in [-0.2, 0) is 9.59 Å². The minimum atomic E-state index is -0.621. The fraction of sp³-hybridized carbons (Fsp3) is 0.105. The summed E-state index contributed by atoms with van der Waals surface area (Å²) in [6, 6.07) is 13.8. The number of aryl methyl sites for hydroxylation is 1. The number of rotatable bonds is 6. The molecule has 0 unspecified atom stereocenters. The molecule has 7 heteroatoms. The van der Waals surface area contributed by atoms with Gasteiger partial charge in [-0.15, -0.1) is 0 Å². The van der Waals surface area contributed by atoms with Gasteiger partial charge in [-0.2, -0.15) is 5.26 Å². The van der Waals surface area contributed by atoms with Crippen LogP contribution in [0.1, 0.15) is 11.1 Å². The van der Waals surface area contributed by atoms with Crippen LogP contribution in [0.4, 0.5) is 5.69 Å². The lowest BCUT2D eigenvalue weighted by atomic mass is 10.1. The molecule has 0 bridgehead atoms. The number of ether oxygens (including phenoxy) is 1. The van der Waals surface area contributed by atoms with Gasteiger partial charge in [0, 0.05) is 5.69 Å². The number of hydrogen-bond donors (Lipinski definition) is 2. The summed E-state index contributed by atoms with van der Waals surface area (Å²) in [6.07, 6.45) is 1.41. The summed E-state index contributed by atoms with van der Waals surface area (Å²) >= 11 is 6.07. The molecule has 2 amide bonds. The van der Waals surface area contributed by atoms with Gasteiger partial charge >= 0.3 is 0 Å². The van der Waals surface area contributed by atoms with E-state index in [4.69, 9.17) is 22.1 Å². The van der Waals surface area contributed by atoms with Crippen molar-refractivity contribution in [1.82, 2.24) is 0 Å². The molecule has 26 heavy (non-hydrogen) atoms. The average Bonchev–Trinajstić information content (AvgIpc) is 2.60. The van der Waals surface area contributed by atoms with Crippen LogP contribution in [0.2, 0.25) is 5.02 Å². The molecule has 0 aliphatic carbocycles. The zero-order chi connectivity index (χ0) is 19.1. The standard InChI is InChI=1S/C19H16ClN3O3/c1-12-2-5-15(6-3-12)23-19(25)14(10-21)8-13-4-7-17(16(20)9-13)26-11-18(22)24/h2-9H,11H2,1H3,(H2,22,24)(H,23,25)/b14-8+. The summed E-state index contributed by atoms with van der Waals surface area (Å²) in [5, 5.41) is 12.2. The van der Waals surface area contributed by atoms with Crippen molar-refractivity contribution < 1.29 is 14.3 Å². The van der Waals surface area contributed by atoms with Gasteiger partial charge in [0.05, 0.1) is 5.02 Å². The van der Waals surface area contributed by atoms with E-state index in [0.717, 1.165) is 5.56 Å². The van der Waals surface area contributed by atoms with Gasteiger partial charge in [0.2, 0.25) is 0 Å². The molecular weight excluding hydrogens is 354 g/mol. The van der Waals surface area contributed by atoms with Gasteiger partial charge < -0.3 is 15.8 Å². The lowest BCUT2D eigenvalue weighted by molar-refractivity contribution is -0.120. The first-order chi connectivity index (χ1) is 12.4. The van der Waals surface area contributed by atoms with E-state index in [1.165, 1.54) is 18.2 Å². The number of carbonyl (C=O) groups excluding carboxylic acids is 2. The van der Waals surface area contributed by atoms with Crippen molar-refractivity contribution in [3.05, 3.63) is 64.2 Å². The first-order valence-electron chi connectivity index (χ1n) is 7.59.